The molecular weight excluding hydrogens is 372 g/mol. The van der Waals surface area contributed by atoms with Crippen LogP contribution in [-0.4, -0.2) is 22.0 Å². The molecule has 0 atom stereocenters. The second kappa shape index (κ2) is 8.22. The molecule has 0 unspecified atom stereocenters. The Kier molecular flexibility index (Phi) is 5.34. The van der Waals surface area contributed by atoms with Crippen molar-refractivity contribution in [2.75, 3.05) is 13.0 Å². The predicted molar refractivity (Wildman–Crippen MR) is 111 cm³/mol. The van der Waals surface area contributed by atoms with Crippen LogP contribution >= 0.6 is 11.8 Å². The number of benzene rings is 3. The first kappa shape index (κ1) is 18.2. The van der Waals surface area contributed by atoms with Crippen LogP contribution in [0.3, 0.4) is 0 Å². The van der Waals surface area contributed by atoms with Crippen molar-refractivity contribution < 1.29 is 9.47 Å². The van der Waals surface area contributed by atoms with Gasteiger partial charge in [-0.1, -0.05) is 60.3 Å². The van der Waals surface area contributed by atoms with Crippen LogP contribution in [0.5, 0.6) is 11.5 Å². The SMILES string of the molecule is COc1cccc(OCc2nnc(SCc3cccc4ccccc34)n2N)c1. The summed E-state index contributed by atoms with van der Waals surface area (Å²) in [6.45, 7) is 0.228. The second-order valence-corrected chi connectivity index (χ2v) is 7.11. The van der Waals surface area contributed by atoms with E-state index < -0.39 is 0 Å². The molecule has 0 saturated carbocycles. The Hall–Kier alpha value is -3.19. The Morgan fingerprint density at radius 2 is 1.75 bits per heavy atom. The Morgan fingerprint density at radius 3 is 2.64 bits per heavy atom. The molecule has 0 fully saturated rings. The number of thioether (sulfide) groups is 1. The predicted octanol–water partition coefficient (Wildman–Crippen LogP) is 4.03. The molecule has 4 aromatic rings. The zero-order chi connectivity index (χ0) is 19.3. The molecule has 7 heteroatoms. The number of fused-ring (bicyclic) bond motifs is 1. The Balaban J connectivity index is 1.43. The average molecular weight is 392 g/mol. The molecule has 142 valence electrons. The smallest absolute Gasteiger partial charge is 0.210 e. The monoisotopic (exact) mass is 392 g/mol. The molecule has 1 aromatic heterocycles. The van der Waals surface area contributed by atoms with E-state index in [2.05, 4.69) is 46.6 Å². The van der Waals surface area contributed by atoms with Crippen molar-refractivity contribution in [3.63, 3.8) is 0 Å². The number of nitrogens with two attached hydrogens (primary N) is 1. The van der Waals surface area contributed by atoms with Gasteiger partial charge in [-0.05, 0) is 28.5 Å². The highest BCUT2D eigenvalue weighted by Crippen LogP contribution is 2.26. The van der Waals surface area contributed by atoms with Gasteiger partial charge in [0.15, 0.2) is 5.82 Å². The number of rotatable bonds is 7. The van der Waals surface area contributed by atoms with Crippen LogP contribution in [0.1, 0.15) is 11.4 Å². The first-order valence-electron chi connectivity index (χ1n) is 8.80. The molecule has 2 N–H and O–H groups in total. The van der Waals surface area contributed by atoms with E-state index in [0.29, 0.717) is 16.7 Å². The molecule has 1 heterocycles. The van der Waals surface area contributed by atoms with Gasteiger partial charge in [-0.25, -0.2) is 4.68 Å². The van der Waals surface area contributed by atoms with Gasteiger partial charge < -0.3 is 15.3 Å². The average Bonchev–Trinajstić information content (AvgIpc) is 3.10. The first-order chi connectivity index (χ1) is 13.7. The molecule has 0 radical (unpaired) electrons. The van der Waals surface area contributed by atoms with Crippen molar-refractivity contribution in [1.82, 2.24) is 14.9 Å². The number of methoxy groups -OCH3 is 1. The summed E-state index contributed by atoms with van der Waals surface area (Å²) in [7, 11) is 1.62. The van der Waals surface area contributed by atoms with E-state index in [4.69, 9.17) is 15.3 Å². The Morgan fingerprint density at radius 1 is 0.964 bits per heavy atom. The summed E-state index contributed by atoms with van der Waals surface area (Å²) >= 11 is 1.55. The molecule has 4 rings (SSSR count). The number of hydrogen-bond acceptors (Lipinski definition) is 6. The van der Waals surface area contributed by atoms with Gasteiger partial charge in [-0.15, -0.1) is 10.2 Å². The van der Waals surface area contributed by atoms with Gasteiger partial charge in [-0.2, -0.15) is 0 Å². The maximum atomic E-state index is 6.17. The lowest BCUT2D eigenvalue weighted by Crippen LogP contribution is -2.15. The minimum absolute atomic E-state index is 0.228. The standard InChI is InChI=1S/C21H20N4O2S/c1-26-17-9-5-10-18(12-17)27-13-20-23-24-21(25(20)22)28-14-16-8-4-7-15-6-2-3-11-19(15)16/h2-12H,13-14,22H2,1H3. The molecular formula is C21H20N4O2S. The molecule has 3 aromatic carbocycles. The summed E-state index contributed by atoms with van der Waals surface area (Å²) in [5, 5.41) is 11.5. The van der Waals surface area contributed by atoms with Crippen molar-refractivity contribution in [1.29, 1.82) is 0 Å². The highest BCUT2D eigenvalue weighted by molar-refractivity contribution is 7.98. The number of nitrogens with zero attached hydrogens (tertiary/aromatic N) is 3. The maximum Gasteiger partial charge on any atom is 0.210 e. The highest BCUT2D eigenvalue weighted by atomic mass is 32.2. The van der Waals surface area contributed by atoms with E-state index in [0.717, 1.165) is 11.5 Å². The first-order valence-corrected chi connectivity index (χ1v) is 9.79. The van der Waals surface area contributed by atoms with Crippen molar-refractivity contribution in [3.05, 3.63) is 78.1 Å². The lowest BCUT2D eigenvalue weighted by atomic mass is 10.1. The number of aromatic nitrogens is 3. The Bertz CT molecular complexity index is 1090. The number of hydrogen-bond donors (Lipinski definition) is 1. The van der Waals surface area contributed by atoms with Crippen LogP contribution in [0.15, 0.2) is 71.9 Å². The van der Waals surface area contributed by atoms with Crippen LogP contribution in [0.25, 0.3) is 10.8 Å². The van der Waals surface area contributed by atoms with Crippen molar-refractivity contribution in [2.45, 2.75) is 17.5 Å². The van der Waals surface area contributed by atoms with Gasteiger partial charge in [0.2, 0.25) is 5.16 Å². The van der Waals surface area contributed by atoms with Crippen LogP contribution in [0.4, 0.5) is 0 Å². The zero-order valence-corrected chi connectivity index (χ0v) is 16.2. The summed E-state index contributed by atoms with van der Waals surface area (Å²) in [5.74, 6) is 8.90. The van der Waals surface area contributed by atoms with Crippen LogP contribution in [0, 0.1) is 0 Å². The molecule has 0 aliphatic rings. The number of nitrogen functional groups attached to an aromatic ring is 1. The zero-order valence-electron chi connectivity index (χ0n) is 15.4. The third kappa shape index (κ3) is 3.89. The molecule has 6 nitrogen and oxygen atoms in total. The fourth-order valence-electron chi connectivity index (χ4n) is 2.90. The summed E-state index contributed by atoms with van der Waals surface area (Å²) in [4.78, 5) is 0. The third-order valence-corrected chi connectivity index (χ3v) is 5.37. The maximum absolute atomic E-state index is 6.17. The third-order valence-electron chi connectivity index (χ3n) is 4.38. The van der Waals surface area contributed by atoms with E-state index in [1.54, 1.807) is 18.9 Å². The highest BCUT2D eigenvalue weighted by Gasteiger charge is 2.12. The topological polar surface area (TPSA) is 75.2 Å². The van der Waals surface area contributed by atoms with Gasteiger partial charge in [-0.3, -0.25) is 0 Å². The summed E-state index contributed by atoms with van der Waals surface area (Å²) in [6.07, 6.45) is 0. The van der Waals surface area contributed by atoms with E-state index in [-0.39, 0.29) is 6.61 Å². The number of ether oxygens (including phenoxy) is 2. The fraction of sp³-hybridized carbons (Fsp3) is 0.143. The van der Waals surface area contributed by atoms with Crippen LogP contribution < -0.4 is 15.3 Å². The van der Waals surface area contributed by atoms with Crippen molar-refractivity contribution in [2.24, 2.45) is 0 Å². The van der Waals surface area contributed by atoms with Gasteiger partial charge in [0, 0.05) is 11.8 Å². The van der Waals surface area contributed by atoms with Gasteiger partial charge in [0.05, 0.1) is 7.11 Å². The summed E-state index contributed by atoms with van der Waals surface area (Å²) in [5.41, 5.74) is 1.24. The normalized spacial score (nSPS) is 10.9. The fourth-order valence-corrected chi connectivity index (χ4v) is 3.78. The van der Waals surface area contributed by atoms with E-state index in [9.17, 15) is 0 Å². The van der Waals surface area contributed by atoms with Gasteiger partial charge in [0.25, 0.3) is 0 Å². The molecule has 0 aliphatic carbocycles. The molecule has 0 bridgehead atoms. The van der Waals surface area contributed by atoms with Gasteiger partial charge in [0.1, 0.15) is 18.1 Å². The van der Waals surface area contributed by atoms with E-state index in [1.165, 1.54) is 21.0 Å². The minimum Gasteiger partial charge on any atom is -0.497 e. The molecule has 0 aliphatic heterocycles. The Labute approximate surface area is 167 Å². The molecule has 0 saturated heterocycles. The van der Waals surface area contributed by atoms with E-state index in [1.807, 2.05) is 30.3 Å². The van der Waals surface area contributed by atoms with Crippen LogP contribution in [0.2, 0.25) is 0 Å². The molecule has 0 spiro atoms. The van der Waals surface area contributed by atoms with Crippen molar-refractivity contribution in [3.8, 4) is 11.5 Å². The van der Waals surface area contributed by atoms with Crippen LogP contribution in [-0.2, 0) is 12.4 Å². The lowest BCUT2D eigenvalue weighted by Gasteiger charge is -2.08. The summed E-state index contributed by atoms with van der Waals surface area (Å²) in [6, 6.07) is 22.0. The molecule has 28 heavy (non-hydrogen) atoms. The summed E-state index contributed by atoms with van der Waals surface area (Å²) < 4.78 is 12.4. The lowest BCUT2D eigenvalue weighted by molar-refractivity contribution is 0.289. The minimum atomic E-state index is 0.228. The van der Waals surface area contributed by atoms with Gasteiger partial charge >= 0.3 is 0 Å². The second-order valence-electron chi connectivity index (χ2n) is 6.16. The van der Waals surface area contributed by atoms with Crippen molar-refractivity contribution >= 4 is 22.5 Å². The molecule has 0 amide bonds. The van der Waals surface area contributed by atoms with E-state index >= 15 is 0 Å². The largest absolute Gasteiger partial charge is 0.497 e. The quantitative estimate of drug-likeness (QED) is 0.378.